The van der Waals surface area contributed by atoms with Gasteiger partial charge in [0, 0.05) is 12.2 Å². The van der Waals surface area contributed by atoms with Crippen molar-refractivity contribution in [2.45, 2.75) is 11.8 Å². The Morgan fingerprint density at radius 3 is 2.29 bits per heavy atom. The Morgan fingerprint density at radius 1 is 1.00 bits per heavy atom. The molecule has 2 N–H and O–H groups in total. The second-order valence-electron chi connectivity index (χ2n) is 6.45. The third-order valence-corrected chi connectivity index (χ3v) is 6.34. The van der Waals surface area contributed by atoms with Crippen molar-refractivity contribution in [3.05, 3.63) is 78.6 Å². The molecule has 2 amide bonds. The lowest BCUT2D eigenvalue weighted by atomic mass is 10.3. The molecule has 0 aliphatic carbocycles. The summed E-state index contributed by atoms with van der Waals surface area (Å²) in [4.78, 5) is 12.4. The molecule has 0 radical (unpaired) electrons. The molecule has 7 nitrogen and oxygen atoms in total. The minimum Gasteiger partial charge on any atom is -0.495 e. The van der Waals surface area contributed by atoms with Crippen LogP contribution in [0.15, 0.2) is 77.7 Å². The smallest absolute Gasteiger partial charge is 0.323 e. The molecular formula is C22H22FN3O4S. The summed E-state index contributed by atoms with van der Waals surface area (Å²) in [5.74, 6) is -0.139. The van der Waals surface area contributed by atoms with Gasteiger partial charge in [-0.3, -0.25) is 4.31 Å². The summed E-state index contributed by atoms with van der Waals surface area (Å²) in [5.41, 5.74) is 1.08. The molecule has 0 heterocycles. The van der Waals surface area contributed by atoms with Gasteiger partial charge in [0.05, 0.1) is 23.4 Å². The summed E-state index contributed by atoms with van der Waals surface area (Å²) in [7, 11) is -2.48. The summed E-state index contributed by atoms with van der Waals surface area (Å²) < 4.78 is 46.1. The summed E-state index contributed by atoms with van der Waals surface area (Å²) in [6.07, 6.45) is 0. The van der Waals surface area contributed by atoms with Crippen LogP contribution in [0.1, 0.15) is 6.92 Å². The second kappa shape index (κ2) is 9.48. The normalized spacial score (nSPS) is 10.9. The van der Waals surface area contributed by atoms with Crippen molar-refractivity contribution in [3.8, 4) is 5.75 Å². The monoisotopic (exact) mass is 443 g/mol. The highest BCUT2D eigenvalue weighted by Gasteiger charge is 2.25. The molecule has 162 valence electrons. The number of carbonyl (C=O) groups excluding carboxylic acids is 1. The number of halogens is 1. The van der Waals surface area contributed by atoms with Crippen molar-refractivity contribution in [3.63, 3.8) is 0 Å². The molecule has 0 aliphatic heterocycles. The van der Waals surface area contributed by atoms with Crippen molar-refractivity contribution in [2.24, 2.45) is 0 Å². The first-order valence-electron chi connectivity index (χ1n) is 9.44. The van der Waals surface area contributed by atoms with E-state index < -0.39 is 21.9 Å². The van der Waals surface area contributed by atoms with Gasteiger partial charge in [0.1, 0.15) is 11.6 Å². The number of rotatable bonds is 7. The van der Waals surface area contributed by atoms with E-state index in [0.717, 1.165) is 0 Å². The third-order valence-electron chi connectivity index (χ3n) is 4.44. The van der Waals surface area contributed by atoms with E-state index in [1.54, 1.807) is 37.3 Å². The average molecular weight is 444 g/mol. The fourth-order valence-electron chi connectivity index (χ4n) is 2.98. The number of ether oxygens (including phenoxy) is 1. The van der Waals surface area contributed by atoms with Gasteiger partial charge in [-0.2, -0.15) is 0 Å². The molecule has 0 atom stereocenters. The molecule has 0 saturated carbocycles. The predicted molar refractivity (Wildman–Crippen MR) is 119 cm³/mol. The van der Waals surface area contributed by atoms with Gasteiger partial charge in [-0.1, -0.05) is 18.2 Å². The third kappa shape index (κ3) is 5.13. The zero-order valence-electron chi connectivity index (χ0n) is 17.0. The zero-order chi connectivity index (χ0) is 22.4. The molecule has 0 aliphatic rings. The number of amides is 2. The molecule has 0 saturated heterocycles. The summed E-state index contributed by atoms with van der Waals surface area (Å²) in [6, 6.07) is 17.6. The predicted octanol–water partition coefficient (Wildman–Crippen LogP) is 4.69. The number of nitrogens with zero attached hydrogens (tertiary/aromatic N) is 1. The fraction of sp³-hybridized carbons (Fsp3) is 0.136. The maximum atomic E-state index is 13.2. The molecule has 3 aromatic rings. The minimum atomic E-state index is -3.89. The Hall–Kier alpha value is -3.59. The Bertz CT molecular complexity index is 1150. The van der Waals surface area contributed by atoms with Gasteiger partial charge in [0.15, 0.2) is 0 Å². The lowest BCUT2D eigenvalue weighted by Gasteiger charge is -2.23. The number of sulfonamides is 1. The number of urea groups is 1. The van der Waals surface area contributed by atoms with Gasteiger partial charge in [-0.05, 0) is 61.5 Å². The summed E-state index contributed by atoms with van der Waals surface area (Å²) >= 11 is 0. The molecule has 9 heteroatoms. The average Bonchev–Trinajstić information content (AvgIpc) is 2.76. The lowest BCUT2D eigenvalue weighted by molar-refractivity contribution is 0.262. The molecule has 0 fully saturated rings. The van der Waals surface area contributed by atoms with E-state index in [1.165, 1.54) is 53.9 Å². The van der Waals surface area contributed by atoms with Crippen molar-refractivity contribution >= 4 is 33.1 Å². The molecule has 0 unspecified atom stereocenters. The lowest BCUT2D eigenvalue weighted by Crippen LogP contribution is -2.30. The molecule has 0 spiro atoms. The number of hydrogen-bond donors (Lipinski definition) is 2. The molecule has 0 aromatic heterocycles. The topological polar surface area (TPSA) is 87.7 Å². The van der Waals surface area contributed by atoms with Crippen LogP contribution in [0.5, 0.6) is 5.75 Å². The maximum absolute atomic E-state index is 13.2. The van der Waals surface area contributed by atoms with E-state index in [1.807, 2.05) is 0 Å². The zero-order valence-corrected chi connectivity index (χ0v) is 17.8. The SMILES string of the molecule is CCN(c1ccccc1)S(=O)(=O)c1ccc(OC)c(NC(=O)Nc2ccc(F)cc2)c1. The second-order valence-corrected chi connectivity index (χ2v) is 8.32. The highest BCUT2D eigenvalue weighted by molar-refractivity contribution is 7.92. The van der Waals surface area contributed by atoms with Crippen LogP contribution in [0.25, 0.3) is 0 Å². The van der Waals surface area contributed by atoms with E-state index in [9.17, 15) is 17.6 Å². The largest absolute Gasteiger partial charge is 0.495 e. The first kappa shape index (κ1) is 22.1. The Balaban J connectivity index is 1.88. The van der Waals surface area contributed by atoms with Crippen molar-refractivity contribution in [1.29, 1.82) is 0 Å². The number of hydrogen-bond acceptors (Lipinski definition) is 4. The van der Waals surface area contributed by atoms with Crippen LogP contribution < -0.4 is 19.7 Å². The van der Waals surface area contributed by atoms with Gasteiger partial charge in [-0.15, -0.1) is 0 Å². The highest BCUT2D eigenvalue weighted by Crippen LogP contribution is 2.31. The van der Waals surface area contributed by atoms with E-state index in [-0.39, 0.29) is 22.9 Å². The fourth-order valence-corrected chi connectivity index (χ4v) is 4.48. The summed E-state index contributed by atoms with van der Waals surface area (Å²) in [6.45, 7) is 1.97. The van der Waals surface area contributed by atoms with Crippen LogP contribution in [0.2, 0.25) is 0 Å². The Labute approximate surface area is 180 Å². The number of anilines is 3. The van der Waals surface area contributed by atoms with Crippen molar-refractivity contribution in [1.82, 2.24) is 0 Å². The molecule has 31 heavy (non-hydrogen) atoms. The van der Waals surface area contributed by atoms with Crippen LogP contribution in [-0.4, -0.2) is 28.1 Å². The minimum absolute atomic E-state index is 0.00362. The first-order valence-corrected chi connectivity index (χ1v) is 10.9. The number of methoxy groups -OCH3 is 1. The first-order chi connectivity index (χ1) is 14.8. The number of benzene rings is 3. The van der Waals surface area contributed by atoms with Crippen molar-refractivity contribution < 1.29 is 22.3 Å². The number of carbonyl (C=O) groups is 1. The molecule has 0 bridgehead atoms. The van der Waals surface area contributed by atoms with Crippen LogP contribution in [0.4, 0.5) is 26.2 Å². The van der Waals surface area contributed by atoms with Gasteiger partial charge in [-0.25, -0.2) is 17.6 Å². The number of para-hydroxylation sites is 1. The van der Waals surface area contributed by atoms with E-state index >= 15 is 0 Å². The number of nitrogens with one attached hydrogen (secondary N) is 2. The summed E-state index contributed by atoms with van der Waals surface area (Å²) in [5, 5.41) is 5.14. The van der Waals surface area contributed by atoms with Gasteiger partial charge in [0.2, 0.25) is 0 Å². The van der Waals surface area contributed by atoms with Crippen LogP contribution in [0.3, 0.4) is 0 Å². The quantitative estimate of drug-likeness (QED) is 0.554. The van der Waals surface area contributed by atoms with E-state index in [0.29, 0.717) is 11.4 Å². The van der Waals surface area contributed by atoms with E-state index in [2.05, 4.69) is 10.6 Å². The van der Waals surface area contributed by atoms with Gasteiger partial charge < -0.3 is 15.4 Å². The molecule has 3 aromatic carbocycles. The van der Waals surface area contributed by atoms with Crippen molar-refractivity contribution in [2.75, 3.05) is 28.6 Å². The standard InChI is InChI=1S/C22H22FN3O4S/c1-3-26(18-7-5-4-6-8-18)31(28,29)19-13-14-21(30-2)20(15-19)25-22(27)24-17-11-9-16(23)10-12-17/h4-15H,3H2,1-2H3,(H2,24,25,27). The van der Waals surface area contributed by atoms with Crippen LogP contribution in [0, 0.1) is 5.82 Å². The Kier molecular flexibility index (Phi) is 6.76. The van der Waals surface area contributed by atoms with Crippen LogP contribution >= 0.6 is 0 Å². The van der Waals surface area contributed by atoms with Gasteiger partial charge in [0.25, 0.3) is 10.0 Å². The molecule has 3 rings (SSSR count). The van der Waals surface area contributed by atoms with E-state index in [4.69, 9.17) is 4.74 Å². The van der Waals surface area contributed by atoms with Gasteiger partial charge >= 0.3 is 6.03 Å². The van der Waals surface area contributed by atoms with Crippen LogP contribution in [-0.2, 0) is 10.0 Å². The maximum Gasteiger partial charge on any atom is 0.323 e. The highest BCUT2D eigenvalue weighted by atomic mass is 32.2. The Morgan fingerprint density at radius 2 is 1.68 bits per heavy atom. The molecular weight excluding hydrogens is 421 g/mol.